The molecule has 0 aromatic rings. The van der Waals surface area contributed by atoms with E-state index in [9.17, 15) is 9.59 Å². The highest BCUT2D eigenvalue weighted by Gasteiger charge is 2.24. The molecule has 0 aromatic carbocycles. The first-order valence-electron chi connectivity index (χ1n) is 4.97. The van der Waals surface area contributed by atoms with E-state index in [0.29, 0.717) is 0 Å². The van der Waals surface area contributed by atoms with Gasteiger partial charge in [0.2, 0.25) is 5.91 Å². The third-order valence-corrected chi connectivity index (χ3v) is 2.53. The Balaban J connectivity index is 2.15. The first-order chi connectivity index (χ1) is 7.11. The summed E-state index contributed by atoms with van der Waals surface area (Å²) >= 11 is 0. The highest BCUT2D eigenvalue weighted by atomic mass is 16.5. The van der Waals surface area contributed by atoms with Crippen LogP contribution in [0.1, 0.15) is 19.3 Å². The Hall–Kier alpha value is -1.14. The molecule has 0 spiro atoms. The molecular formula is C9H17N3O3. The molecule has 0 bridgehead atoms. The fourth-order valence-electron chi connectivity index (χ4n) is 1.76. The summed E-state index contributed by atoms with van der Waals surface area (Å²) in [6.07, 6.45) is 3.18. The molecule has 0 saturated heterocycles. The van der Waals surface area contributed by atoms with Crippen LogP contribution in [0.3, 0.4) is 0 Å². The van der Waals surface area contributed by atoms with Gasteiger partial charge in [-0.25, -0.2) is 4.79 Å². The second-order valence-electron chi connectivity index (χ2n) is 3.66. The maximum atomic E-state index is 11.1. The number of amides is 3. The summed E-state index contributed by atoms with van der Waals surface area (Å²) in [4.78, 5) is 21.4. The summed E-state index contributed by atoms with van der Waals surface area (Å²) < 4.78 is 5.20. The van der Waals surface area contributed by atoms with Crippen molar-refractivity contribution in [3.8, 4) is 0 Å². The number of ether oxygens (including phenoxy) is 1. The van der Waals surface area contributed by atoms with E-state index >= 15 is 0 Å². The van der Waals surface area contributed by atoms with Gasteiger partial charge in [0.05, 0.1) is 12.6 Å². The standard InChI is InChI=1S/C9H17N3O3/c1-15-7-3-2-6(4-7)11-5-8(13)12-9(10)14/h6-7,11H,2-5H2,1H3,(H3,10,12,13,14). The van der Waals surface area contributed by atoms with Crippen molar-refractivity contribution in [3.63, 3.8) is 0 Å². The zero-order chi connectivity index (χ0) is 11.3. The molecule has 6 heteroatoms. The van der Waals surface area contributed by atoms with Crippen LogP contribution < -0.4 is 16.4 Å². The molecule has 0 heterocycles. The number of rotatable bonds is 4. The predicted molar refractivity (Wildman–Crippen MR) is 54.2 cm³/mol. The lowest BCUT2D eigenvalue weighted by molar-refractivity contribution is -0.119. The van der Waals surface area contributed by atoms with Crippen LogP contribution in [0.15, 0.2) is 0 Å². The van der Waals surface area contributed by atoms with Crippen LogP contribution >= 0.6 is 0 Å². The van der Waals surface area contributed by atoms with Crippen LogP contribution in [0.4, 0.5) is 4.79 Å². The van der Waals surface area contributed by atoms with Crippen molar-refractivity contribution in [2.24, 2.45) is 5.73 Å². The first-order valence-corrected chi connectivity index (χ1v) is 4.97. The zero-order valence-corrected chi connectivity index (χ0v) is 8.79. The number of methoxy groups -OCH3 is 1. The number of hydrogen-bond donors (Lipinski definition) is 3. The minimum atomic E-state index is -0.817. The number of urea groups is 1. The topological polar surface area (TPSA) is 93.4 Å². The summed E-state index contributed by atoms with van der Waals surface area (Å²) in [5.74, 6) is -0.400. The first kappa shape index (κ1) is 11.9. The molecule has 1 aliphatic carbocycles. The van der Waals surface area contributed by atoms with Crippen molar-refractivity contribution in [3.05, 3.63) is 0 Å². The highest BCUT2D eigenvalue weighted by Crippen LogP contribution is 2.20. The van der Waals surface area contributed by atoms with E-state index in [0.717, 1.165) is 19.3 Å². The van der Waals surface area contributed by atoms with Crippen LogP contribution in [0.5, 0.6) is 0 Å². The molecule has 2 atom stereocenters. The van der Waals surface area contributed by atoms with Crippen molar-refractivity contribution in [1.29, 1.82) is 0 Å². The molecule has 0 radical (unpaired) electrons. The summed E-state index contributed by atoms with van der Waals surface area (Å²) in [7, 11) is 1.69. The molecule has 4 N–H and O–H groups in total. The van der Waals surface area contributed by atoms with Crippen molar-refractivity contribution in [1.82, 2.24) is 10.6 Å². The minimum Gasteiger partial charge on any atom is -0.381 e. The molecule has 2 unspecified atom stereocenters. The number of nitrogens with one attached hydrogen (secondary N) is 2. The van der Waals surface area contributed by atoms with Gasteiger partial charge in [-0.15, -0.1) is 0 Å². The van der Waals surface area contributed by atoms with E-state index in [1.54, 1.807) is 7.11 Å². The molecule has 6 nitrogen and oxygen atoms in total. The van der Waals surface area contributed by atoms with Crippen molar-refractivity contribution in [2.75, 3.05) is 13.7 Å². The van der Waals surface area contributed by atoms with E-state index < -0.39 is 11.9 Å². The Morgan fingerprint density at radius 2 is 2.20 bits per heavy atom. The van der Waals surface area contributed by atoms with Gasteiger partial charge >= 0.3 is 6.03 Å². The van der Waals surface area contributed by atoms with E-state index in [1.807, 2.05) is 5.32 Å². The van der Waals surface area contributed by atoms with Gasteiger partial charge < -0.3 is 15.8 Å². The summed E-state index contributed by atoms with van der Waals surface area (Å²) in [6, 6.07) is -0.531. The summed E-state index contributed by atoms with van der Waals surface area (Å²) in [5, 5.41) is 5.05. The van der Waals surface area contributed by atoms with Crippen molar-refractivity contribution < 1.29 is 14.3 Å². The Morgan fingerprint density at radius 3 is 2.73 bits per heavy atom. The van der Waals surface area contributed by atoms with Gasteiger partial charge in [-0.05, 0) is 19.3 Å². The van der Waals surface area contributed by atoms with E-state index in [-0.39, 0.29) is 18.7 Å². The maximum Gasteiger partial charge on any atom is 0.318 e. The van der Waals surface area contributed by atoms with Crippen LogP contribution in [0.2, 0.25) is 0 Å². The minimum absolute atomic E-state index is 0.115. The third-order valence-electron chi connectivity index (χ3n) is 2.53. The normalized spacial score (nSPS) is 25.1. The van der Waals surface area contributed by atoms with Crippen molar-refractivity contribution >= 4 is 11.9 Å². The summed E-state index contributed by atoms with van der Waals surface area (Å²) in [6.45, 7) is 0.115. The van der Waals surface area contributed by atoms with Gasteiger partial charge in [-0.1, -0.05) is 0 Å². The Labute approximate surface area is 88.5 Å². The SMILES string of the molecule is COC1CCC(NCC(=O)NC(N)=O)C1. The number of carbonyl (C=O) groups is 2. The second kappa shape index (κ2) is 5.67. The van der Waals surface area contributed by atoms with Gasteiger partial charge in [0.15, 0.2) is 0 Å². The molecule has 86 valence electrons. The molecule has 1 fully saturated rings. The van der Waals surface area contributed by atoms with Gasteiger partial charge in [0.25, 0.3) is 0 Å². The smallest absolute Gasteiger partial charge is 0.318 e. The molecule has 0 aliphatic heterocycles. The fraction of sp³-hybridized carbons (Fsp3) is 0.778. The number of nitrogens with two attached hydrogens (primary N) is 1. The molecule has 0 aromatic heterocycles. The number of imide groups is 1. The Bertz CT molecular complexity index is 245. The van der Waals surface area contributed by atoms with E-state index in [4.69, 9.17) is 10.5 Å². The highest BCUT2D eigenvalue weighted by molar-refractivity contribution is 5.94. The molecule has 15 heavy (non-hydrogen) atoms. The van der Waals surface area contributed by atoms with Crippen molar-refractivity contribution in [2.45, 2.75) is 31.4 Å². The maximum absolute atomic E-state index is 11.1. The number of carbonyl (C=O) groups excluding carboxylic acids is 2. The number of primary amides is 1. The lowest BCUT2D eigenvalue weighted by atomic mass is 10.2. The largest absolute Gasteiger partial charge is 0.381 e. The van der Waals surface area contributed by atoms with E-state index in [2.05, 4.69) is 5.32 Å². The zero-order valence-electron chi connectivity index (χ0n) is 8.79. The molecule has 1 rings (SSSR count). The van der Waals surface area contributed by atoms with Crippen LogP contribution in [0, 0.1) is 0 Å². The molecule has 1 saturated carbocycles. The summed E-state index contributed by atoms with van der Waals surface area (Å²) in [5.41, 5.74) is 4.80. The molecule has 3 amide bonds. The Morgan fingerprint density at radius 1 is 1.47 bits per heavy atom. The Kier molecular flexibility index (Phi) is 4.51. The molecule has 1 aliphatic rings. The monoisotopic (exact) mass is 215 g/mol. The third kappa shape index (κ3) is 4.26. The second-order valence-corrected chi connectivity index (χ2v) is 3.66. The fourth-order valence-corrected chi connectivity index (χ4v) is 1.76. The van der Waals surface area contributed by atoms with Gasteiger partial charge in [0.1, 0.15) is 0 Å². The lowest BCUT2D eigenvalue weighted by Crippen LogP contribution is -2.42. The average Bonchev–Trinajstić information content (AvgIpc) is 2.61. The van der Waals surface area contributed by atoms with Crippen LogP contribution in [-0.4, -0.2) is 37.7 Å². The van der Waals surface area contributed by atoms with Gasteiger partial charge in [0, 0.05) is 13.2 Å². The quantitative estimate of drug-likeness (QED) is 0.580. The molecular weight excluding hydrogens is 198 g/mol. The van der Waals surface area contributed by atoms with Gasteiger partial charge in [-0.2, -0.15) is 0 Å². The van der Waals surface area contributed by atoms with Gasteiger partial charge in [-0.3, -0.25) is 10.1 Å². The lowest BCUT2D eigenvalue weighted by Gasteiger charge is -2.11. The number of hydrogen-bond acceptors (Lipinski definition) is 4. The average molecular weight is 215 g/mol. The van der Waals surface area contributed by atoms with E-state index in [1.165, 1.54) is 0 Å². The van der Waals surface area contributed by atoms with Crippen LogP contribution in [-0.2, 0) is 9.53 Å². The predicted octanol–water partition coefficient (Wildman–Crippen LogP) is -0.662. The van der Waals surface area contributed by atoms with Crippen LogP contribution in [0.25, 0.3) is 0 Å².